The highest BCUT2D eigenvalue weighted by atomic mass is 16.2. The molecule has 4 heteroatoms. The summed E-state index contributed by atoms with van der Waals surface area (Å²) in [5.74, 6) is -0.109. The predicted octanol–water partition coefficient (Wildman–Crippen LogP) is 4.40. The van der Waals surface area contributed by atoms with Crippen LogP contribution in [0.5, 0.6) is 0 Å². The smallest absolute Gasteiger partial charge is 0.240 e. The summed E-state index contributed by atoms with van der Waals surface area (Å²) in [5.41, 5.74) is 5.49. The molecule has 0 radical (unpaired) electrons. The van der Waals surface area contributed by atoms with E-state index in [0.29, 0.717) is 0 Å². The Hall–Kier alpha value is -2.80. The van der Waals surface area contributed by atoms with Crippen molar-refractivity contribution in [1.29, 1.82) is 5.26 Å². The van der Waals surface area contributed by atoms with E-state index in [0.717, 1.165) is 50.6 Å². The zero-order valence-electron chi connectivity index (χ0n) is 15.6. The van der Waals surface area contributed by atoms with Gasteiger partial charge >= 0.3 is 0 Å². The van der Waals surface area contributed by atoms with Crippen LogP contribution in [0.1, 0.15) is 49.7 Å². The Bertz CT molecular complexity index is 889. The zero-order chi connectivity index (χ0) is 18.7. The van der Waals surface area contributed by atoms with Crippen molar-refractivity contribution >= 4 is 11.6 Å². The fraction of sp³-hybridized carbons (Fsp3) is 0.391. The van der Waals surface area contributed by atoms with Crippen molar-refractivity contribution in [3.63, 3.8) is 0 Å². The second kappa shape index (κ2) is 7.44. The van der Waals surface area contributed by atoms with E-state index in [1.807, 2.05) is 6.07 Å². The van der Waals surface area contributed by atoms with Crippen LogP contribution in [0, 0.1) is 11.3 Å². The van der Waals surface area contributed by atoms with Crippen molar-refractivity contribution < 1.29 is 4.79 Å². The largest absolute Gasteiger partial charge is 0.376 e. The number of anilines is 1. The van der Waals surface area contributed by atoms with Crippen molar-refractivity contribution in [3.05, 3.63) is 53.6 Å². The molecule has 0 spiro atoms. The van der Waals surface area contributed by atoms with Gasteiger partial charge in [0.05, 0.1) is 12.6 Å². The summed E-state index contributed by atoms with van der Waals surface area (Å²) in [4.78, 5) is 12.4. The van der Waals surface area contributed by atoms with Gasteiger partial charge in [-0.15, -0.1) is 0 Å². The number of nitrogens with zero attached hydrogens (tertiary/aromatic N) is 1. The number of rotatable bonds is 4. The third kappa shape index (κ3) is 3.68. The highest BCUT2D eigenvalue weighted by Crippen LogP contribution is 2.37. The highest BCUT2D eigenvalue weighted by molar-refractivity contribution is 5.83. The molecule has 0 bridgehead atoms. The molecular weight excluding hydrogens is 334 g/mol. The normalized spacial score (nSPS) is 17.1. The first-order valence-electron chi connectivity index (χ1n) is 9.86. The molecule has 2 N–H and O–H groups in total. The van der Waals surface area contributed by atoms with Gasteiger partial charge in [0.25, 0.3) is 0 Å². The Kier molecular flexibility index (Phi) is 4.85. The van der Waals surface area contributed by atoms with Gasteiger partial charge in [-0.2, -0.15) is 5.26 Å². The van der Waals surface area contributed by atoms with Crippen molar-refractivity contribution in [1.82, 2.24) is 5.32 Å². The first-order valence-corrected chi connectivity index (χ1v) is 9.86. The van der Waals surface area contributed by atoms with E-state index in [-0.39, 0.29) is 12.5 Å². The van der Waals surface area contributed by atoms with Gasteiger partial charge in [-0.3, -0.25) is 4.79 Å². The van der Waals surface area contributed by atoms with Crippen LogP contribution in [0.4, 0.5) is 5.69 Å². The van der Waals surface area contributed by atoms with Crippen LogP contribution in [-0.2, 0) is 11.2 Å². The molecule has 0 aromatic heterocycles. The van der Waals surface area contributed by atoms with Gasteiger partial charge in [0.15, 0.2) is 0 Å². The first-order chi connectivity index (χ1) is 13.2. The number of carbonyl (C=O) groups excluding carboxylic acids is 1. The van der Waals surface area contributed by atoms with E-state index in [1.54, 1.807) is 0 Å². The Balaban J connectivity index is 1.39. The van der Waals surface area contributed by atoms with Crippen LogP contribution >= 0.6 is 0 Å². The Labute approximate surface area is 160 Å². The van der Waals surface area contributed by atoms with E-state index < -0.39 is 5.54 Å². The topological polar surface area (TPSA) is 64.9 Å². The van der Waals surface area contributed by atoms with E-state index in [1.165, 1.54) is 22.3 Å². The summed E-state index contributed by atoms with van der Waals surface area (Å²) in [6.07, 6.45) is 6.76. The van der Waals surface area contributed by atoms with Crippen molar-refractivity contribution in [3.8, 4) is 17.2 Å². The van der Waals surface area contributed by atoms with E-state index in [9.17, 15) is 10.1 Å². The number of carbonyl (C=O) groups is 1. The minimum Gasteiger partial charge on any atom is -0.376 e. The van der Waals surface area contributed by atoms with Crippen LogP contribution in [0.2, 0.25) is 0 Å². The molecule has 138 valence electrons. The number of nitriles is 1. The maximum absolute atomic E-state index is 12.4. The average molecular weight is 359 g/mol. The minimum atomic E-state index is -0.686. The van der Waals surface area contributed by atoms with Gasteiger partial charge in [0.2, 0.25) is 5.91 Å². The fourth-order valence-corrected chi connectivity index (χ4v) is 4.35. The summed E-state index contributed by atoms with van der Waals surface area (Å²) < 4.78 is 0. The summed E-state index contributed by atoms with van der Waals surface area (Å²) in [7, 11) is 0. The summed E-state index contributed by atoms with van der Waals surface area (Å²) in [5, 5.41) is 15.8. The molecule has 2 aliphatic carbocycles. The third-order valence-electron chi connectivity index (χ3n) is 5.80. The van der Waals surface area contributed by atoms with Gasteiger partial charge in [-0.1, -0.05) is 56.0 Å². The molecule has 2 aliphatic rings. The maximum Gasteiger partial charge on any atom is 0.240 e. The van der Waals surface area contributed by atoms with Crippen molar-refractivity contribution in [2.45, 2.75) is 50.5 Å². The molecule has 0 unspecified atom stereocenters. The van der Waals surface area contributed by atoms with Crippen LogP contribution in [0.15, 0.2) is 42.5 Å². The molecule has 2 aromatic carbocycles. The number of benzene rings is 2. The number of fused-ring (bicyclic) bond motifs is 3. The molecule has 0 saturated heterocycles. The van der Waals surface area contributed by atoms with Crippen LogP contribution in [0.3, 0.4) is 0 Å². The molecule has 0 aliphatic heterocycles. The number of hydrogen-bond donors (Lipinski definition) is 2. The average Bonchev–Trinajstić information content (AvgIpc) is 2.89. The zero-order valence-corrected chi connectivity index (χ0v) is 15.6. The molecular formula is C23H25N3O. The second-order valence-electron chi connectivity index (χ2n) is 7.72. The first kappa shape index (κ1) is 17.6. The summed E-state index contributed by atoms with van der Waals surface area (Å²) in [6.45, 7) is 0.190. The molecule has 1 saturated carbocycles. The van der Waals surface area contributed by atoms with Gasteiger partial charge in [-0.05, 0) is 53.6 Å². The van der Waals surface area contributed by atoms with Crippen molar-refractivity contribution in [2.75, 3.05) is 11.9 Å². The Morgan fingerprint density at radius 3 is 2.52 bits per heavy atom. The molecule has 27 heavy (non-hydrogen) atoms. The molecule has 0 atom stereocenters. The number of hydrogen-bond acceptors (Lipinski definition) is 3. The van der Waals surface area contributed by atoms with Gasteiger partial charge in [0, 0.05) is 5.69 Å². The van der Waals surface area contributed by atoms with Crippen LogP contribution in [-0.4, -0.2) is 18.0 Å². The summed E-state index contributed by atoms with van der Waals surface area (Å²) >= 11 is 0. The maximum atomic E-state index is 12.4. The molecule has 4 nitrogen and oxygen atoms in total. The number of amides is 1. The van der Waals surface area contributed by atoms with Gasteiger partial charge < -0.3 is 10.6 Å². The molecule has 1 fully saturated rings. The van der Waals surface area contributed by atoms with E-state index in [2.05, 4.69) is 53.1 Å². The van der Waals surface area contributed by atoms with Crippen molar-refractivity contribution in [2.24, 2.45) is 0 Å². The quantitative estimate of drug-likeness (QED) is 0.679. The highest BCUT2D eigenvalue weighted by Gasteiger charge is 2.32. The van der Waals surface area contributed by atoms with E-state index in [4.69, 9.17) is 0 Å². The Morgan fingerprint density at radius 1 is 1.00 bits per heavy atom. The standard InChI is InChI=1S/C23H25N3O/c24-16-23(11-5-1-2-6-12-23)26-22(27)15-25-19-9-10-21-18(14-19)13-17-7-3-4-8-20(17)21/h3-4,7-10,14,25H,1-2,5-6,11-13,15H2,(H,26,27). The van der Waals surface area contributed by atoms with Gasteiger partial charge in [0.1, 0.15) is 5.54 Å². The van der Waals surface area contributed by atoms with E-state index >= 15 is 0 Å². The summed E-state index contributed by atoms with van der Waals surface area (Å²) in [6, 6.07) is 17.1. The Morgan fingerprint density at radius 2 is 1.74 bits per heavy atom. The minimum absolute atomic E-state index is 0.109. The predicted molar refractivity (Wildman–Crippen MR) is 107 cm³/mol. The molecule has 1 amide bonds. The van der Waals surface area contributed by atoms with Crippen LogP contribution < -0.4 is 10.6 Å². The third-order valence-corrected chi connectivity index (χ3v) is 5.80. The lowest BCUT2D eigenvalue weighted by Crippen LogP contribution is -2.48. The second-order valence-corrected chi connectivity index (χ2v) is 7.72. The van der Waals surface area contributed by atoms with Crippen LogP contribution in [0.25, 0.3) is 11.1 Å². The number of nitrogens with one attached hydrogen (secondary N) is 2. The lowest BCUT2D eigenvalue weighted by atomic mass is 9.92. The van der Waals surface area contributed by atoms with Gasteiger partial charge in [-0.25, -0.2) is 0 Å². The SMILES string of the molecule is N#CC1(NC(=O)CNc2ccc3c(c2)Cc2ccccc2-3)CCCCCC1. The monoisotopic (exact) mass is 359 g/mol. The molecule has 0 heterocycles. The fourth-order valence-electron chi connectivity index (χ4n) is 4.35. The lowest BCUT2D eigenvalue weighted by Gasteiger charge is -2.26. The molecule has 4 rings (SSSR count). The molecule has 2 aromatic rings. The lowest BCUT2D eigenvalue weighted by molar-refractivity contribution is -0.120.